The minimum absolute atomic E-state index is 0.0705. The van der Waals surface area contributed by atoms with Crippen LogP contribution in [0.4, 0.5) is 0 Å². The molecule has 0 spiro atoms. The topological polar surface area (TPSA) is 492 Å². The van der Waals surface area contributed by atoms with E-state index in [4.69, 9.17) is 39.1 Å². The number of carboxylic acid groups (broad SMARTS) is 1. The highest BCUT2D eigenvalue weighted by molar-refractivity contribution is 5.97. The van der Waals surface area contributed by atoms with Crippen molar-refractivity contribution in [2.45, 2.75) is 158 Å². The lowest BCUT2D eigenvalue weighted by Gasteiger charge is -2.56. The molecule has 28 heteroatoms. The van der Waals surface area contributed by atoms with E-state index in [-0.39, 0.29) is 69.6 Å². The molecule has 0 aromatic rings. The molecule has 1 aliphatic heterocycles. The van der Waals surface area contributed by atoms with Crippen molar-refractivity contribution in [1.29, 1.82) is 0 Å². The van der Waals surface area contributed by atoms with E-state index in [0.29, 0.717) is 25.7 Å². The Kier molecular flexibility index (Phi) is 24.8. The van der Waals surface area contributed by atoms with E-state index in [0.717, 1.165) is 6.92 Å². The molecule has 1 heterocycles. The van der Waals surface area contributed by atoms with Gasteiger partial charge in [-0.25, -0.2) is 10.1 Å². The van der Waals surface area contributed by atoms with Crippen LogP contribution in [0.25, 0.3) is 0 Å². The fourth-order valence-corrected chi connectivity index (χ4v) is 6.35. The molecule has 376 valence electrons. The number of nitrogens with zero attached hydrogens (tertiary/aromatic N) is 2. The van der Waals surface area contributed by atoms with Gasteiger partial charge in [0.05, 0.1) is 12.1 Å². The molecule has 7 amide bonds. The van der Waals surface area contributed by atoms with Crippen LogP contribution in [0.1, 0.15) is 98.3 Å². The van der Waals surface area contributed by atoms with Crippen molar-refractivity contribution in [2.24, 2.45) is 44.4 Å². The molecule has 10 atom stereocenters. The second kappa shape index (κ2) is 28.2. The number of aliphatic imine (C=N–C) groups is 2. The molecule has 0 unspecified atom stereocenters. The lowest BCUT2D eigenvalue weighted by molar-refractivity contribution is -0.408. The highest BCUT2D eigenvalue weighted by atomic mass is 16.7. The summed E-state index contributed by atoms with van der Waals surface area (Å²) in [4.78, 5) is 111. The maximum Gasteiger partial charge on any atom is 0.326 e. The van der Waals surface area contributed by atoms with Crippen LogP contribution in [0.15, 0.2) is 9.98 Å². The van der Waals surface area contributed by atoms with Crippen molar-refractivity contribution in [3.63, 3.8) is 0 Å². The number of hydrogen-bond donors (Lipinski definition) is 17. The summed E-state index contributed by atoms with van der Waals surface area (Å²) >= 11 is 0. The van der Waals surface area contributed by atoms with E-state index in [1.54, 1.807) is 0 Å². The highest BCUT2D eigenvalue weighted by Gasteiger charge is 2.64. The van der Waals surface area contributed by atoms with E-state index >= 15 is 0 Å². The number of carboxylic acids is 1. The first-order chi connectivity index (χ1) is 30.8. The summed E-state index contributed by atoms with van der Waals surface area (Å²) in [6.07, 6.45) is -2.40. The van der Waals surface area contributed by atoms with Crippen LogP contribution < -0.4 is 71.6 Å². The molecule has 0 radical (unpaired) electrons. The number of nitrogens with two attached hydrogens (primary N) is 6. The van der Waals surface area contributed by atoms with Gasteiger partial charge >= 0.3 is 5.97 Å². The Hall–Kier alpha value is -5.94. The average molecular weight is 946 g/mol. The Morgan fingerprint density at radius 1 is 0.682 bits per heavy atom. The zero-order valence-corrected chi connectivity index (χ0v) is 37.8. The highest BCUT2D eigenvalue weighted by Crippen LogP contribution is 2.35. The number of guanidine groups is 2. The van der Waals surface area contributed by atoms with Crippen LogP contribution in [-0.4, -0.2) is 159 Å². The molecule has 1 aliphatic rings. The number of aliphatic hydroxyl groups excluding tert-OH is 2. The predicted octanol–water partition coefficient (Wildman–Crippen LogP) is -6.97. The fraction of sp³-hybridized carbons (Fsp3) is 0.737. The van der Waals surface area contributed by atoms with Gasteiger partial charge in [-0.2, -0.15) is 0 Å². The van der Waals surface area contributed by atoms with Crippen LogP contribution in [-0.2, 0) is 43.1 Å². The summed E-state index contributed by atoms with van der Waals surface area (Å²) in [6, 6.07) is -8.87. The smallest absolute Gasteiger partial charge is 0.326 e. The van der Waals surface area contributed by atoms with Crippen LogP contribution in [0.5, 0.6) is 0 Å². The Morgan fingerprint density at radius 3 is 1.73 bits per heavy atom. The SMILES string of the molecule is CCCC(=O)NCCCC[C@H](NC(=O)[C@]1([C@@H](C)O)N[C@@](O)([C@@H](N)CCCN=C(N)N)O1)C(=O)N[C@@H](CCC(N)=O)C(=O)N[C@H](C(=O)N[C@@H](C)C(=O)N[C@@H](CCCN=C(N)N)C(=O)O)[C@@H](C)O. The summed E-state index contributed by atoms with van der Waals surface area (Å²) < 4.78 is 5.57. The lowest BCUT2D eigenvalue weighted by atomic mass is 9.96. The van der Waals surface area contributed by atoms with Gasteiger partial charge < -0.3 is 91.5 Å². The molecular weight excluding hydrogens is 875 g/mol. The third kappa shape index (κ3) is 19.7. The van der Waals surface area contributed by atoms with Gasteiger partial charge in [-0.3, -0.25) is 43.5 Å². The van der Waals surface area contributed by atoms with Crippen LogP contribution in [0.2, 0.25) is 0 Å². The third-order valence-corrected chi connectivity index (χ3v) is 10.1. The van der Waals surface area contributed by atoms with Crippen molar-refractivity contribution in [2.75, 3.05) is 19.6 Å². The first-order valence-corrected chi connectivity index (χ1v) is 21.5. The van der Waals surface area contributed by atoms with E-state index in [1.165, 1.54) is 13.8 Å². The Morgan fingerprint density at radius 2 is 1.21 bits per heavy atom. The Labute approximate surface area is 381 Å². The second-order valence-corrected chi connectivity index (χ2v) is 15.9. The number of carbonyl (C=O) groups excluding carboxylic acids is 7. The molecule has 0 aromatic carbocycles. The van der Waals surface area contributed by atoms with E-state index < -0.39 is 114 Å². The standard InChI is InChI=1S/C38H71N15O13/c1-5-10-27(57)45-16-7-6-11-22(51-34(64)37(21(4)55)53-38(65,66-37)25(39)13-9-18-47-36(43)44)30(59)49-23(14-15-26(40)56)31(60)52-28(20(3)54)32(61)48-19(2)29(58)50-24(33(62)63)12-8-17-46-35(41)42/h19-25,28,53-55,65H,5-18,39H2,1-4H3,(H2,40,56)(H,45,57)(H,48,61)(H,49,59)(H,50,58)(H,51,64)(H,52,60)(H,62,63)(H4,41,42,46)(H4,43,44,47)/t19-,20+,21+,22-,23-,24-,25-,28-,37+,38+/m0/s1. The number of primary amides is 1. The number of unbranched alkanes of at least 4 members (excludes halogenated alkanes) is 1. The fourth-order valence-electron chi connectivity index (χ4n) is 6.35. The first-order valence-electron chi connectivity index (χ1n) is 21.5. The minimum Gasteiger partial charge on any atom is -0.480 e. The number of carbonyl (C=O) groups is 8. The van der Waals surface area contributed by atoms with E-state index in [9.17, 15) is 58.8 Å². The number of aliphatic carboxylic acids is 1. The van der Waals surface area contributed by atoms with Crippen molar-refractivity contribution < 1.29 is 63.5 Å². The van der Waals surface area contributed by atoms with Gasteiger partial charge in [0.2, 0.25) is 47.1 Å². The van der Waals surface area contributed by atoms with Gasteiger partial charge in [-0.15, -0.1) is 0 Å². The zero-order valence-electron chi connectivity index (χ0n) is 37.8. The van der Waals surface area contributed by atoms with Gasteiger partial charge in [0.15, 0.2) is 11.9 Å². The average Bonchev–Trinajstić information content (AvgIpc) is 3.21. The van der Waals surface area contributed by atoms with Crippen molar-refractivity contribution in [3.05, 3.63) is 0 Å². The van der Waals surface area contributed by atoms with E-state index in [2.05, 4.69) is 47.2 Å². The van der Waals surface area contributed by atoms with Gasteiger partial charge in [0, 0.05) is 32.5 Å². The molecule has 23 N–H and O–H groups in total. The molecule has 66 heavy (non-hydrogen) atoms. The van der Waals surface area contributed by atoms with Crippen LogP contribution in [0, 0.1) is 0 Å². The zero-order chi connectivity index (χ0) is 50.4. The van der Waals surface area contributed by atoms with Gasteiger partial charge in [-0.05, 0) is 78.6 Å². The largest absolute Gasteiger partial charge is 0.480 e. The lowest BCUT2D eigenvalue weighted by Crippen LogP contribution is -2.87. The predicted molar refractivity (Wildman–Crippen MR) is 236 cm³/mol. The van der Waals surface area contributed by atoms with Crippen LogP contribution in [0.3, 0.4) is 0 Å². The number of rotatable bonds is 32. The van der Waals surface area contributed by atoms with Crippen LogP contribution >= 0.6 is 0 Å². The summed E-state index contributed by atoms with van der Waals surface area (Å²) in [7, 11) is 0. The number of ether oxygens (including phenoxy) is 1. The van der Waals surface area contributed by atoms with Gasteiger partial charge in [0.25, 0.3) is 5.91 Å². The summed E-state index contributed by atoms with van der Waals surface area (Å²) in [5, 5.41) is 58.8. The maximum absolute atomic E-state index is 14.0. The number of aliphatic hydroxyl groups is 3. The van der Waals surface area contributed by atoms with Crippen molar-refractivity contribution >= 4 is 59.2 Å². The Balaban J connectivity index is 3.30. The molecule has 0 saturated carbocycles. The molecule has 28 nitrogen and oxygen atoms in total. The molecular formula is C38H71N15O13. The maximum atomic E-state index is 14.0. The quantitative estimate of drug-likeness (QED) is 0.0169. The minimum atomic E-state index is -2.34. The van der Waals surface area contributed by atoms with E-state index in [1.807, 2.05) is 6.92 Å². The Bertz CT molecular complexity index is 1720. The van der Waals surface area contributed by atoms with Gasteiger partial charge in [-0.1, -0.05) is 6.92 Å². The molecule has 0 bridgehead atoms. The molecule has 0 aromatic heterocycles. The van der Waals surface area contributed by atoms with Crippen molar-refractivity contribution in [1.82, 2.24) is 37.2 Å². The number of nitrogens with one attached hydrogen (secondary N) is 7. The first kappa shape index (κ1) is 58.1. The monoisotopic (exact) mass is 946 g/mol. The number of amides is 7. The van der Waals surface area contributed by atoms with Gasteiger partial charge in [0.1, 0.15) is 36.3 Å². The molecule has 1 fully saturated rings. The molecule has 0 aliphatic carbocycles. The molecule has 1 rings (SSSR count). The van der Waals surface area contributed by atoms with Crippen molar-refractivity contribution in [3.8, 4) is 0 Å². The summed E-state index contributed by atoms with van der Waals surface area (Å²) in [6.45, 7) is 5.81. The second-order valence-electron chi connectivity index (χ2n) is 15.9. The normalized spacial score (nSPS) is 20.1. The third-order valence-electron chi connectivity index (χ3n) is 10.1. The molecule has 1 saturated heterocycles. The number of hydrogen-bond acceptors (Lipinski definition) is 16. The summed E-state index contributed by atoms with van der Waals surface area (Å²) in [5.41, 5.74) is 30.3. The summed E-state index contributed by atoms with van der Waals surface area (Å²) in [5.74, 6) is -10.4.